The smallest absolute Gasteiger partial charge is 0.348 e. The Kier molecular flexibility index (Phi) is 8.41. The first-order chi connectivity index (χ1) is 17.0. The van der Waals surface area contributed by atoms with E-state index in [4.69, 9.17) is 21.1 Å². The zero-order valence-corrected chi connectivity index (χ0v) is 22.4. The van der Waals surface area contributed by atoms with E-state index >= 15 is 0 Å². The van der Waals surface area contributed by atoms with Crippen LogP contribution in [0.3, 0.4) is 0 Å². The van der Waals surface area contributed by atoms with Gasteiger partial charge in [0.25, 0.3) is 0 Å². The van der Waals surface area contributed by atoms with Gasteiger partial charge in [-0.25, -0.2) is 4.79 Å². The standard InChI is InChI=1S/C29H31ClNO4.BrH/c30-25-12-7-13-26(20-25)34-19-18-31-16-14-22(15-17-31)27(21-31)35-28(32)29(33,23-8-3-1-4-9-23)24-10-5-2-6-11-24;/h1-13,20,22,27,33H,14-19,21H2;1H/q+1;/p-1. The Balaban J connectivity index is 0.00000304. The van der Waals surface area contributed by atoms with Crippen molar-refractivity contribution in [2.45, 2.75) is 24.5 Å². The number of nitrogens with zero attached hydrogens (tertiary/aromatic N) is 1. The Morgan fingerprint density at radius 3 is 2.14 bits per heavy atom. The summed E-state index contributed by atoms with van der Waals surface area (Å²) in [5, 5.41) is 12.4. The molecule has 0 amide bonds. The van der Waals surface area contributed by atoms with Crippen LogP contribution in [0.2, 0.25) is 5.02 Å². The predicted octanol–water partition coefficient (Wildman–Crippen LogP) is 1.81. The molecule has 2 bridgehead atoms. The fourth-order valence-corrected chi connectivity index (χ4v) is 5.75. The number of carbonyl (C=O) groups excluding carboxylic acids is 1. The second-order valence-electron chi connectivity index (χ2n) is 9.72. The minimum Gasteiger partial charge on any atom is -1.00 e. The summed E-state index contributed by atoms with van der Waals surface area (Å²) in [6, 6.07) is 25.6. The van der Waals surface area contributed by atoms with Crippen molar-refractivity contribution >= 4 is 17.6 Å². The number of piperidine rings is 3. The van der Waals surface area contributed by atoms with E-state index in [-0.39, 0.29) is 23.1 Å². The van der Waals surface area contributed by atoms with Gasteiger partial charge in [0.1, 0.15) is 25.4 Å². The summed E-state index contributed by atoms with van der Waals surface area (Å²) in [5.41, 5.74) is -0.831. The molecule has 3 aliphatic rings. The van der Waals surface area contributed by atoms with E-state index in [1.54, 1.807) is 24.3 Å². The van der Waals surface area contributed by atoms with Crippen LogP contribution in [0.15, 0.2) is 84.9 Å². The first-order valence-electron chi connectivity index (χ1n) is 12.3. The van der Waals surface area contributed by atoms with Crippen LogP contribution in [0.1, 0.15) is 24.0 Å². The average molecular weight is 573 g/mol. The molecule has 1 N–H and O–H groups in total. The quantitative estimate of drug-likeness (QED) is 0.331. The fourth-order valence-electron chi connectivity index (χ4n) is 5.57. The van der Waals surface area contributed by atoms with Gasteiger partial charge >= 0.3 is 5.97 Å². The van der Waals surface area contributed by atoms with Crippen LogP contribution in [0, 0.1) is 5.92 Å². The third-order valence-corrected chi connectivity index (χ3v) is 7.84. The summed E-state index contributed by atoms with van der Waals surface area (Å²) in [7, 11) is 0. The molecule has 1 atom stereocenters. The summed E-state index contributed by atoms with van der Waals surface area (Å²) in [4.78, 5) is 13.6. The molecule has 36 heavy (non-hydrogen) atoms. The maximum absolute atomic E-state index is 13.6. The van der Waals surface area contributed by atoms with Crippen molar-refractivity contribution < 1.29 is 40.8 Å². The van der Waals surface area contributed by atoms with Gasteiger partial charge in [-0.15, -0.1) is 0 Å². The molecule has 1 unspecified atom stereocenters. The molecule has 3 aromatic rings. The SMILES string of the molecule is O=C(OC1C[N+]2(CCOc3cccc(Cl)c3)CCC1CC2)C(O)(c1ccccc1)c1ccccc1.[Br-]. The zero-order chi connectivity index (χ0) is 24.3. The lowest BCUT2D eigenvalue weighted by Crippen LogP contribution is -3.00. The largest absolute Gasteiger partial charge is 1.00 e. The number of hydrogen-bond acceptors (Lipinski definition) is 4. The van der Waals surface area contributed by atoms with Gasteiger partial charge in [0.05, 0.1) is 13.1 Å². The molecule has 3 fully saturated rings. The van der Waals surface area contributed by atoms with Gasteiger partial charge in [-0.3, -0.25) is 0 Å². The molecule has 0 aromatic heterocycles. The van der Waals surface area contributed by atoms with Crippen LogP contribution in [0.4, 0.5) is 0 Å². The van der Waals surface area contributed by atoms with Crippen molar-refractivity contribution in [1.82, 2.24) is 0 Å². The summed E-state index contributed by atoms with van der Waals surface area (Å²) < 4.78 is 13.0. The lowest BCUT2D eigenvalue weighted by molar-refractivity contribution is -0.946. The molecule has 190 valence electrons. The molecule has 6 rings (SSSR count). The third-order valence-electron chi connectivity index (χ3n) is 7.61. The number of benzene rings is 3. The Morgan fingerprint density at radius 1 is 0.944 bits per heavy atom. The average Bonchev–Trinajstić information content (AvgIpc) is 2.90. The lowest BCUT2D eigenvalue weighted by Gasteiger charge is -2.52. The van der Waals surface area contributed by atoms with Crippen LogP contribution in [0.5, 0.6) is 5.75 Å². The monoisotopic (exact) mass is 571 g/mol. The Bertz CT molecular complexity index is 1110. The molecule has 0 spiro atoms. The van der Waals surface area contributed by atoms with Crippen molar-refractivity contribution in [1.29, 1.82) is 0 Å². The number of rotatable bonds is 8. The summed E-state index contributed by atoms with van der Waals surface area (Å²) in [6.07, 6.45) is 1.78. The molecule has 3 aromatic carbocycles. The molecule has 0 saturated carbocycles. The number of ether oxygens (including phenoxy) is 2. The Morgan fingerprint density at radius 2 is 1.56 bits per heavy atom. The van der Waals surface area contributed by atoms with Crippen LogP contribution < -0.4 is 21.7 Å². The van der Waals surface area contributed by atoms with Crippen molar-refractivity contribution in [2.24, 2.45) is 5.92 Å². The van der Waals surface area contributed by atoms with Gasteiger partial charge in [-0.05, 0) is 29.3 Å². The maximum Gasteiger partial charge on any atom is 0.348 e. The fraction of sp³-hybridized carbons (Fsp3) is 0.345. The van der Waals surface area contributed by atoms with E-state index in [1.165, 1.54) is 0 Å². The second kappa shape index (κ2) is 11.3. The Labute approximate surface area is 228 Å². The van der Waals surface area contributed by atoms with Gasteiger partial charge in [-0.2, -0.15) is 0 Å². The van der Waals surface area contributed by atoms with E-state index in [0.717, 1.165) is 49.3 Å². The summed E-state index contributed by atoms with van der Waals surface area (Å²) in [5.74, 6) is 0.479. The van der Waals surface area contributed by atoms with E-state index in [2.05, 4.69) is 0 Å². The second-order valence-corrected chi connectivity index (χ2v) is 10.2. The number of quaternary nitrogens is 1. The summed E-state index contributed by atoms with van der Waals surface area (Å²) in [6.45, 7) is 4.27. The number of esters is 1. The zero-order valence-electron chi connectivity index (χ0n) is 20.1. The molecule has 0 aliphatic carbocycles. The molecule has 3 heterocycles. The van der Waals surface area contributed by atoms with E-state index in [9.17, 15) is 9.90 Å². The van der Waals surface area contributed by atoms with Gasteiger partial charge in [0, 0.05) is 23.8 Å². The van der Waals surface area contributed by atoms with Crippen molar-refractivity contribution in [2.75, 3.05) is 32.8 Å². The maximum atomic E-state index is 13.6. The third kappa shape index (κ3) is 5.47. The van der Waals surface area contributed by atoms with Gasteiger partial charge < -0.3 is 36.0 Å². The number of carbonyl (C=O) groups is 1. The molecule has 3 aliphatic heterocycles. The topological polar surface area (TPSA) is 55.8 Å². The Hall–Kier alpha value is -2.38. The highest BCUT2D eigenvalue weighted by molar-refractivity contribution is 6.30. The van der Waals surface area contributed by atoms with Crippen LogP contribution in [0.25, 0.3) is 0 Å². The van der Waals surface area contributed by atoms with Crippen LogP contribution >= 0.6 is 11.6 Å². The van der Waals surface area contributed by atoms with Crippen molar-refractivity contribution in [3.05, 3.63) is 101 Å². The highest BCUT2D eigenvalue weighted by Crippen LogP contribution is 2.38. The van der Waals surface area contributed by atoms with E-state index in [1.807, 2.05) is 60.7 Å². The van der Waals surface area contributed by atoms with Crippen LogP contribution in [-0.2, 0) is 15.1 Å². The molecule has 5 nitrogen and oxygen atoms in total. The van der Waals surface area contributed by atoms with E-state index in [0.29, 0.717) is 28.7 Å². The first kappa shape index (κ1) is 26.7. The highest BCUT2D eigenvalue weighted by Gasteiger charge is 2.50. The molecular formula is C29H31BrClNO4. The molecule has 3 saturated heterocycles. The number of aliphatic hydroxyl groups is 1. The molecule has 7 heteroatoms. The van der Waals surface area contributed by atoms with E-state index < -0.39 is 11.6 Å². The minimum atomic E-state index is -1.85. The minimum absolute atomic E-state index is 0. The number of halogens is 2. The normalized spacial score (nSPS) is 22.9. The summed E-state index contributed by atoms with van der Waals surface area (Å²) >= 11 is 6.07. The lowest BCUT2D eigenvalue weighted by atomic mass is 9.82. The van der Waals surface area contributed by atoms with Crippen molar-refractivity contribution in [3.63, 3.8) is 0 Å². The van der Waals surface area contributed by atoms with Gasteiger partial charge in [-0.1, -0.05) is 78.3 Å². The van der Waals surface area contributed by atoms with Gasteiger partial charge in [0.2, 0.25) is 5.60 Å². The highest BCUT2D eigenvalue weighted by atomic mass is 79.9. The number of fused-ring (bicyclic) bond motifs is 3. The first-order valence-corrected chi connectivity index (χ1v) is 12.6. The van der Waals surface area contributed by atoms with Crippen molar-refractivity contribution in [3.8, 4) is 5.75 Å². The van der Waals surface area contributed by atoms with Gasteiger partial charge in [0.15, 0.2) is 6.10 Å². The predicted molar refractivity (Wildman–Crippen MR) is 135 cm³/mol. The molecule has 0 radical (unpaired) electrons. The van der Waals surface area contributed by atoms with Crippen LogP contribution in [-0.4, -0.2) is 54.4 Å². The number of hydrogen-bond donors (Lipinski definition) is 1. The molecular weight excluding hydrogens is 542 g/mol.